The van der Waals surface area contributed by atoms with E-state index in [1.165, 1.54) is 31.4 Å². The number of sulfone groups is 1. The Morgan fingerprint density at radius 2 is 1.89 bits per heavy atom. The summed E-state index contributed by atoms with van der Waals surface area (Å²) in [6.45, 7) is -0.338. The number of ether oxygens (including phenoxy) is 2. The first-order valence-electron chi connectivity index (χ1n) is 5.12. The zero-order valence-corrected chi connectivity index (χ0v) is 10.6. The van der Waals surface area contributed by atoms with E-state index in [-0.39, 0.29) is 17.3 Å². The summed E-state index contributed by atoms with van der Waals surface area (Å²) in [5, 5.41) is 8.42. The molecule has 0 radical (unpaired) electrons. The van der Waals surface area contributed by atoms with Gasteiger partial charge in [0.1, 0.15) is 5.75 Å². The second kappa shape index (κ2) is 6.36. The fourth-order valence-corrected chi connectivity index (χ4v) is 2.37. The van der Waals surface area contributed by atoms with Crippen molar-refractivity contribution in [2.45, 2.75) is 4.90 Å². The molecule has 0 amide bonds. The second-order valence-electron chi connectivity index (χ2n) is 3.47. The maximum absolute atomic E-state index is 11.8. The van der Waals surface area contributed by atoms with Crippen LogP contribution in [-0.4, -0.2) is 45.6 Å². The van der Waals surface area contributed by atoms with Gasteiger partial charge >= 0.3 is 5.97 Å². The molecule has 1 N–H and O–H groups in total. The Hall–Kier alpha value is -1.60. The zero-order valence-electron chi connectivity index (χ0n) is 9.83. The van der Waals surface area contributed by atoms with Crippen molar-refractivity contribution in [3.05, 3.63) is 24.3 Å². The van der Waals surface area contributed by atoms with Gasteiger partial charge in [-0.1, -0.05) is 0 Å². The first kappa shape index (κ1) is 14.5. The van der Waals surface area contributed by atoms with E-state index < -0.39 is 22.4 Å². The van der Waals surface area contributed by atoms with Crippen LogP contribution in [-0.2, 0) is 19.4 Å². The van der Waals surface area contributed by atoms with E-state index >= 15 is 0 Å². The molecule has 1 rings (SSSR count). The molecule has 0 aliphatic heterocycles. The van der Waals surface area contributed by atoms with Crippen molar-refractivity contribution in [1.82, 2.24) is 0 Å². The molecule has 18 heavy (non-hydrogen) atoms. The number of hydrogen-bond acceptors (Lipinski definition) is 5. The Morgan fingerprint density at radius 3 is 2.39 bits per heavy atom. The van der Waals surface area contributed by atoms with E-state index in [0.717, 1.165) is 0 Å². The van der Waals surface area contributed by atoms with E-state index in [0.29, 0.717) is 5.75 Å². The van der Waals surface area contributed by atoms with Crippen LogP contribution in [0.15, 0.2) is 29.2 Å². The topological polar surface area (TPSA) is 89.9 Å². The van der Waals surface area contributed by atoms with E-state index in [4.69, 9.17) is 14.6 Å². The maximum atomic E-state index is 11.8. The van der Waals surface area contributed by atoms with Gasteiger partial charge in [-0.05, 0) is 24.3 Å². The highest BCUT2D eigenvalue weighted by Gasteiger charge is 2.13. The van der Waals surface area contributed by atoms with Crippen molar-refractivity contribution in [3.63, 3.8) is 0 Å². The third-order valence-electron chi connectivity index (χ3n) is 2.10. The monoisotopic (exact) mass is 274 g/mol. The van der Waals surface area contributed by atoms with Gasteiger partial charge in [0, 0.05) is 7.11 Å². The van der Waals surface area contributed by atoms with E-state index in [1.54, 1.807) is 0 Å². The van der Waals surface area contributed by atoms with Crippen molar-refractivity contribution in [2.75, 3.05) is 26.1 Å². The average molecular weight is 274 g/mol. The largest absolute Gasteiger partial charge is 0.482 e. The number of aliphatic carboxylic acids is 1. The summed E-state index contributed by atoms with van der Waals surface area (Å²) in [5.41, 5.74) is 0. The van der Waals surface area contributed by atoms with Gasteiger partial charge in [0.05, 0.1) is 17.3 Å². The molecule has 0 atom stereocenters. The normalized spacial score (nSPS) is 11.2. The first-order chi connectivity index (χ1) is 8.45. The summed E-state index contributed by atoms with van der Waals surface area (Å²) < 4.78 is 33.1. The Balaban J connectivity index is 2.73. The van der Waals surface area contributed by atoms with Crippen LogP contribution < -0.4 is 4.74 Å². The van der Waals surface area contributed by atoms with Crippen LogP contribution in [0.1, 0.15) is 0 Å². The molecule has 6 nitrogen and oxygen atoms in total. The van der Waals surface area contributed by atoms with Crippen molar-refractivity contribution >= 4 is 15.8 Å². The standard InChI is InChI=1S/C11H14O6S/c1-16-6-7-18(14,15)10-4-2-9(3-5-10)17-8-11(12)13/h2-5H,6-8H2,1H3,(H,12,13). The van der Waals surface area contributed by atoms with E-state index in [9.17, 15) is 13.2 Å². The second-order valence-corrected chi connectivity index (χ2v) is 5.57. The molecule has 0 spiro atoms. The average Bonchev–Trinajstić information content (AvgIpc) is 2.34. The third-order valence-corrected chi connectivity index (χ3v) is 3.80. The molecule has 7 heteroatoms. The highest BCUT2D eigenvalue weighted by molar-refractivity contribution is 7.91. The van der Waals surface area contributed by atoms with Crippen LogP contribution in [0, 0.1) is 0 Å². The zero-order chi connectivity index (χ0) is 13.6. The Bertz CT molecular complexity index is 491. The number of benzene rings is 1. The van der Waals surface area contributed by atoms with Crippen LogP contribution in [0.5, 0.6) is 5.75 Å². The molecule has 0 aliphatic carbocycles. The number of rotatable bonds is 7. The fourth-order valence-electron chi connectivity index (χ4n) is 1.20. The van der Waals surface area contributed by atoms with Crippen molar-refractivity contribution in [3.8, 4) is 5.75 Å². The lowest BCUT2D eigenvalue weighted by Crippen LogP contribution is -2.12. The molecule has 0 bridgehead atoms. The summed E-state index contributed by atoms with van der Waals surface area (Å²) in [4.78, 5) is 10.4. The fraction of sp³-hybridized carbons (Fsp3) is 0.364. The first-order valence-corrected chi connectivity index (χ1v) is 6.77. The van der Waals surface area contributed by atoms with E-state index in [2.05, 4.69) is 0 Å². The smallest absolute Gasteiger partial charge is 0.341 e. The summed E-state index contributed by atoms with van der Waals surface area (Å²) in [7, 11) is -1.94. The van der Waals surface area contributed by atoms with Gasteiger partial charge in [-0.3, -0.25) is 0 Å². The molecule has 100 valence electrons. The third kappa shape index (κ3) is 4.34. The van der Waals surface area contributed by atoms with Gasteiger partial charge in [-0.15, -0.1) is 0 Å². The molecule has 0 unspecified atom stereocenters. The molecular weight excluding hydrogens is 260 g/mol. The van der Waals surface area contributed by atoms with Crippen LogP contribution in [0.2, 0.25) is 0 Å². The lowest BCUT2D eigenvalue weighted by Gasteiger charge is -2.06. The molecule has 0 heterocycles. The number of methoxy groups -OCH3 is 1. The quantitative estimate of drug-likeness (QED) is 0.781. The Morgan fingerprint density at radius 1 is 1.28 bits per heavy atom. The minimum absolute atomic E-state index is 0.0984. The van der Waals surface area contributed by atoms with Gasteiger partial charge in [-0.2, -0.15) is 0 Å². The maximum Gasteiger partial charge on any atom is 0.341 e. The summed E-state index contributed by atoms with van der Waals surface area (Å²) >= 11 is 0. The molecule has 0 saturated carbocycles. The molecule has 1 aromatic rings. The summed E-state index contributed by atoms with van der Waals surface area (Å²) in [5.74, 6) is -0.881. The molecular formula is C11H14O6S. The van der Waals surface area contributed by atoms with Gasteiger partial charge in [-0.25, -0.2) is 13.2 Å². The number of carboxylic acids is 1. The summed E-state index contributed by atoms with van der Waals surface area (Å²) in [6, 6.07) is 5.59. The molecule has 0 fully saturated rings. The van der Waals surface area contributed by atoms with Gasteiger partial charge in [0.15, 0.2) is 16.4 Å². The van der Waals surface area contributed by atoms with Gasteiger partial charge < -0.3 is 14.6 Å². The number of hydrogen-bond donors (Lipinski definition) is 1. The molecule has 0 saturated heterocycles. The van der Waals surface area contributed by atoms with E-state index in [1.807, 2.05) is 0 Å². The van der Waals surface area contributed by atoms with Crippen molar-refractivity contribution < 1.29 is 27.8 Å². The molecule has 0 aliphatic rings. The molecule has 1 aromatic carbocycles. The Kier molecular flexibility index (Phi) is 5.11. The van der Waals surface area contributed by atoms with Crippen molar-refractivity contribution in [2.24, 2.45) is 0 Å². The van der Waals surface area contributed by atoms with Crippen LogP contribution in [0.3, 0.4) is 0 Å². The van der Waals surface area contributed by atoms with Crippen LogP contribution in [0.25, 0.3) is 0 Å². The lowest BCUT2D eigenvalue weighted by atomic mass is 10.3. The SMILES string of the molecule is COCCS(=O)(=O)c1ccc(OCC(=O)O)cc1. The van der Waals surface area contributed by atoms with Crippen LogP contribution in [0.4, 0.5) is 0 Å². The van der Waals surface area contributed by atoms with Gasteiger partial charge in [0.25, 0.3) is 0 Å². The molecule has 0 aromatic heterocycles. The lowest BCUT2D eigenvalue weighted by molar-refractivity contribution is -0.139. The van der Waals surface area contributed by atoms with Crippen molar-refractivity contribution in [1.29, 1.82) is 0 Å². The highest BCUT2D eigenvalue weighted by Crippen LogP contribution is 2.17. The minimum atomic E-state index is -3.37. The number of carboxylic acid groups (broad SMARTS) is 1. The summed E-state index contributed by atoms with van der Waals surface area (Å²) in [6.07, 6.45) is 0. The predicted molar refractivity (Wildman–Crippen MR) is 63.5 cm³/mol. The minimum Gasteiger partial charge on any atom is -0.482 e. The highest BCUT2D eigenvalue weighted by atomic mass is 32.2. The predicted octanol–water partition coefficient (Wildman–Crippen LogP) is 0.570. The van der Waals surface area contributed by atoms with Crippen LogP contribution >= 0.6 is 0 Å². The Labute approximate surface area is 105 Å². The number of carbonyl (C=O) groups is 1. The van der Waals surface area contributed by atoms with Gasteiger partial charge in [0.2, 0.25) is 0 Å².